The molecule has 0 fully saturated rings. The fourth-order valence-corrected chi connectivity index (χ4v) is 1.03. The lowest BCUT2D eigenvalue weighted by Gasteiger charge is -2.10. The SMILES string of the molecule is COc1cc(F)c(NC(=O)[C@H](C)N)cc1F.Cl. The first-order valence-electron chi connectivity index (χ1n) is 4.55. The maximum atomic E-state index is 13.3. The number of hydrogen-bond acceptors (Lipinski definition) is 3. The van der Waals surface area contributed by atoms with E-state index in [0.29, 0.717) is 0 Å². The summed E-state index contributed by atoms with van der Waals surface area (Å²) in [5.41, 5.74) is 5.01. The molecule has 3 N–H and O–H groups in total. The molecular weight excluding hydrogens is 254 g/mol. The Kier molecular flexibility index (Phi) is 5.84. The van der Waals surface area contributed by atoms with E-state index in [2.05, 4.69) is 10.1 Å². The molecule has 0 aliphatic carbocycles. The Hall–Kier alpha value is -1.40. The molecule has 0 saturated heterocycles. The minimum atomic E-state index is -0.801. The number of amides is 1. The lowest BCUT2D eigenvalue weighted by atomic mass is 10.2. The number of nitrogens with one attached hydrogen (secondary N) is 1. The third-order valence-corrected chi connectivity index (χ3v) is 1.91. The number of carbonyl (C=O) groups is 1. The Morgan fingerprint density at radius 2 is 2.00 bits per heavy atom. The van der Waals surface area contributed by atoms with E-state index in [1.807, 2.05) is 0 Å². The van der Waals surface area contributed by atoms with Crippen LogP contribution in [-0.4, -0.2) is 19.1 Å². The van der Waals surface area contributed by atoms with Gasteiger partial charge in [-0.05, 0) is 6.92 Å². The molecule has 0 saturated carbocycles. The molecule has 0 unspecified atom stereocenters. The van der Waals surface area contributed by atoms with Crippen molar-refractivity contribution in [3.8, 4) is 5.75 Å². The molecule has 1 rings (SSSR count). The molecular formula is C10H13ClF2N2O2. The first-order valence-corrected chi connectivity index (χ1v) is 4.55. The van der Waals surface area contributed by atoms with Crippen molar-refractivity contribution >= 4 is 24.0 Å². The summed E-state index contributed by atoms with van der Waals surface area (Å²) < 4.78 is 31.1. The van der Waals surface area contributed by atoms with Gasteiger partial charge in [0.1, 0.15) is 0 Å². The Balaban J connectivity index is 0.00000256. The number of carbonyl (C=O) groups excluding carboxylic acids is 1. The minimum Gasteiger partial charge on any atom is -0.494 e. The van der Waals surface area contributed by atoms with E-state index < -0.39 is 23.6 Å². The molecule has 96 valence electrons. The van der Waals surface area contributed by atoms with Gasteiger partial charge in [-0.25, -0.2) is 8.78 Å². The zero-order valence-electron chi connectivity index (χ0n) is 9.29. The summed E-state index contributed by atoms with van der Waals surface area (Å²) in [5, 5.41) is 2.17. The largest absolute Gasteiger partial charge is 0.494 e. The molecule has 0 bridgehead atoms. The van der Waals surface area contributed by atoms with Gasteiger partial charge in [0.2, 0.25) is 5.91 Å². The van der Waals surface area contributed by atoms with Crippen LogP contribution in [0.2, 0.25) is 0 Å². The number of methoxy groups -OCH3 is 1. The quantitative estimate of drug-likeness (QED) is 0.875. The van der Waals surface area contributed by atoms with Crippen LogP contribution in [0.4, 0.5) is 14.5 Å². The molecule has 1 amide bonds. The second kappa shape index (κ2) is 6.36. The van der Waals surface area contributed by atoms with Crippen molar-refractivity contribution in [1.82, 2.24) is 0 Å². The van der Waals surface area contributed by atoms with Crippen molar-refractivity contribution in [2.75, 3.05) is 12.4 Å². The number of benzene rings is 1. The number of anilines is 1. The van der Waals surface area contributed by atoms with Crippen molar-refractivity contribution in [3.05, 3.63) is 23.8 Å². The van der Waals surface area contributed by atoms with E-state index >= 15 is 0 Å². The van der Waals surface area contributed by atoms with Crippen LogP contribution in [-0.2, 0) is 4.79 Å². The first kappa shape index (κ1) is 15.6. The predicted octanol–water partition coefficient (Wildman–Crippen LogP) is 1.68. The van der Waals surface area contributed by atoms with Crippen LogP contribution >= 0.6 is 12.4 Å². The standard InChI is InChI=1S/C10H12F2N2O2.ClH/c1-5(13)10(15)14-8-3-7(12)9(16-2)4-6(8)11;/h3-5H,13H2,1-2H3,(H,14,15);1H/t5-;/m0./s1. The maximum absolute atomic E-state index is 13.3. The molecule has 0 aliphatic heterocycles. The lowest BCUT2D eigenvalue weighted by Crippen LogP contribution is -2.32. The van der Waals surface area contributed by atoms with Gasteiger partial charge < -0.3 is 15.8 Å². The van der Waals surface area contributed by atoms with Crippen molar-refractivity contribution < 1.29 is 18.3 Å². The molecule has 0 radical (unpaired) electrons. The average Bonchev–Trinajstić information content (AvgIpc) is 2.22. The molecule has 0 aromatic heterocycles. The van der Waals surface area contributed by atoms with Gasteiger partial charge in [0.05, 0.1) is 18.8 Å². The molecule has 17 heavy (non-hydrogen) atoms. The predicted molar refractivity (Wildman–Crippen MR) is 62.4 cm³/mol. The van der Waals surface area contributed by atoms with Crippen LogP contribution in [0.15, 0.2) is 12.1 Å². The van der Waals surface area contributed by atoms with Gasteiger partial charge in [0.15, 0.2) is 17.4 Å². The molecule has 1 atom stereocenters. The van der Waals surface area contributed by atoms with Gasteiger partial charge in [0.25, 0.3) is 0 Å². The highest BCUT2D eigenvalue weighted by Crippen LogP contribution is 2.24. The molecule has 7 heteroatoms. The van der Waals surface area contributed by atoms with E-state index in [4.69, 9.17) is 5.73 Å². The van der Waals surface area contributed by atoms with E-state index in [1.165, 1.54) is 14.0 Å². The van der Waals surface area contributed by atoms with Crippen LogP contribution in [0.3, 0.4) is 0 Å². The molecule has 0 aliphatic rings. The lowest BCUT2D eigenvalue weighted by molar-refractivity contribution is -0.117. The molecule has 1 aromatic rings. The van der Waals surface area contributed by atoms with Crippen molar-refractivity contribution in [2.45, 2.75) is 13.0 Å². The molecule has 4 nitrogen and oxygen atoms in total. The fourth-order valence-electron chi connectivity index (χ4n) is 1.03. The van der Waals surface area contributed by atoms with E-state index in [0.717, 1.165) is 12.1 Å². The smallest absolute Gasteiger partial charge is 0.241 e. The van der Waals surface area contributed by atoms with E-state index in [9.17, 15) is 13.6 Å². The number of nitrogens with two attached hydrogens (primary N) is 1. The highest BCUT2D eigenvalue weighted by atomic mass is 35.5. The summed E-state index contributed by atoms with van der Waals surface area (Å²) in [6.45, 7) is 1.44. The Morgan fingerprint density at radius 1 is 1.41 bits per heavy atom. The summed E-state index contributed by atoms with van der Waals surface area (Å²) in [6, 6.07) is 0.894. The number of ether oxygens (including phenoxy) is 1. The van der Waals surface area contributed by atoms with Crippen molar-refractivity contribution in [3.63, 3.8) is 0 Å². The summed E-state index contributed by atoms with van der Waals surface area (Å²) in [4.78, 5) is 11.2. The van der Waals surface area contributed by atoms with Gasteiger partial charge in [0, 0.05) is 12.1 Å². The van der Waals surface area contributed by atoms with E-state index in [-0.39, 0.29) is 23.8 Å². The Morgan fingerprint density at radius 3 is 2.47 bits per heavy atom. The van der Waals surface area contributed by atoms with Gasteiger partial charge in [-0.1, -0.05) is 0 Å². The second-order valence-electron chi connectivity index (χ2n) is 3.24. The summed E-state index contributed by atoms with van der Waals surface area (Å²) in [5.74, 6) is -2.36. The summed E-state index contributed by atoms with van der Waals surface area (Å²) in [6.07, 6.45) is 0. The normalized spacial score (nSPS) is 11.4. The molecule has 0 spiro atoms. The van der Waals surface area contributed by atoms with Crippen LogP contribution in [0.5, 0.6) is 5.75 Å². The zero-order valence-corrected chi connectivity index (χ0v) is 10.1. The zero-order chi connectivity index (χ0) is 12.3. The molecule has 1 aromatic carbocycles. The highest BCUT2D eigenvalue weighted by molar-refractivity contribution is 5.94. The van der Waals surface area contributed by atoms with Gasteiger partial charge in [-0.2, -0.15) is 0 Å². The van der Waals surface area contributed by atoms with Crippen LogP contribution in [0.25, 0.3) is 0 Å². The van der Waals surface area contributed by atoms with Crippen molar-refractivity contribution in [1.29, 1.82) is 0 Å². The fraction of sp³-hybridized carbons (Fsp3) is 0.300. The topological polar surface area (TPSA) is 64.3 Å². The van der Waals surface area contributed by atoms with Gasteiger partial charge >= 0.3 is 0 Å². The Bertz CT molecular complexity index is 414. The summed E-state index contributed by atoms with van der Waals surface area (Å²) in [7, 11) is 1.22. The van der Waals surface area contributed by atoms with Crippen molar-refractivity contribution in [2.24, 2.45) is 5.73 Å². The number of halogens is 3. The second-order valence-corrected chi connectivity index (χ2v) is 3.24. The van der Waals surface area contributed by atoms with Crippen LogP contribution in [0.1, 0.15) is 6.92 Å². The monoisotopic (exact) mass is 266 g/mol. The third kappa shape index (κ3) is 3.83. The van der Waals surface area contributed by atoms with Crippen LogP contribution in [0, 0.1) is 11.6 Å². The van der Waals surface area contributed by atoms with E-state index in [1.54, 1.807) is 0 Å². The average molecular weight is 267 g/mol. The van der Waals surface area contributed by atoms with Gasteiger partial charge in [-0.15, -0.1) is 12.4 Å². The number of hydrogen-bond donors (Lipinski definition) is 2. The molecule has 0 heterocycles. The van der Waals surface area contributed by atoms with Crippen LogP contribution < -0.4 is 15.8 Å². The third-order valence-electron chi connectivity index (χ3n) is 1.91. The first-order chi connectivity index (χ1) is 7.45. The summed E-state index contributed by atoms with van der Waals surface area (Å²) >= 11 is 0. The minimum absolute atomic E-state index is 0. The number of rotatable bonds is 3. The Labute approximate surface area is 104 Å². The maximum Gasteiger partial charge on any atom is 0.241 e. The van der Waals surface area contributed by atoms with Gasteiger partial charge in [-0.3, -0.25) is 4.79 Å². The highest BCUT2D eigenvalue weighted by Gasteiger charge is 2.14.